The van der Waals surface area contributed by atoms with Gasteiger partial charge >= 0.3 is 0 Å². The average Bonchev–Trinajstić information content (AvgIpc) is 3.20. The van der Waals surface area contributed by atoms with Crippen LogP contribution >= 0.6 is 0 Å². The molecule has 18 heavy (non-hydrogen) atoms. The highest BCUT2D eigenvalue weighted by molar-refractivity contribution is 5.37. The van der Waals surface area contributed by atoms with Gasteiger partial charge in [0.15, 0.2) is 0 Å². The molecule has 0 radical (unpaired) electrons. The highest BCUT2D eigenvalue weighted by atomic mass is 16.5. The molecule has 1 fully saturated rings. The molecule has 0 spiro atoms. The van der Waals surface area contributed by atoms with Crippen molar-refractivity contribution in [3.05, 3.63) is 60.2 Å². The maximum Gasteiger partial charge on any atom is 0.127 e. The molecule has 2 aromatic carbocycles. The SMILES string of the molecule is OCC1CC1c1cccc(Oc2ccccc2)c1. The van der Waals surface area contributed by atoms with E-state index in [0.717, 1.165) is 17.9 Å². The first kappa shape index (κ1) is 11.3. The van der Waals surface area contributed by atoms with Crippen molar-refractivity contribution in [1.29, 1.82) is 0 Å². The van der Waals surface area contributed by atoms with Crippen LogP contribution in [-0.4, -0.2) is 11.7 Å². The van der Waals surface area contributed by atoms with Crippen LogP contribution in [0.3, 0.4) is 0 Å². The molecule has 2 aromatic rings. The van der Waals surface area contributed by atoms with E-state index in [-0.39, 0.29) is 6.61 Å². The van der Waals surface area contributed by atoms with E-state index < -0.39 is 0 Å². The molecule has 0 aliphatic heterocycles. The number of aliphatic hydroxyl groups excluding tert-OH is 1. The van der Waals surface area contributed by atoms with E-state index in [0.29, 0.717) is 11.8 Å². The fourth-order valence-electron chi connectivity index (χ4n) is 2.29. The van der Waals surface area contributed by atoms with Crippen LogP contribution in [0.15, 0.2) is 54.6 Å². The van der Waals surface area contributed by atoms with Gasteiger partial charge in [-0.2, -0.15) is 0 Å². The van der Waals surface area contributed by atoms with Gasteiger partial charge in [0.1, 0.15) is 11.5 Å². The van der Waals surface area contributed by atoms with E-state index >= 15 is 0 Å². The Kier molecular flexibility index (Phi) is 3.03. The van der Waals surface area contributed by atoms with Gasteiger partial charge in [0.2, 0.25) is 0 Å². The molecule has 0 heterocycles. The van der Waals surface area contributed by atoms with E-state index in [4.69, 9.17) is 9.84 Å². The summed E-state index contributed by atoms with van der Waals surface area (Å²) in [6.45, 7) is 0.286. The molecule has 1 saturated carbocycles. The van der Waals surface area contributed by atoms with E-state index in [1.807, 2.05) is 42.5 Å². The van der Waals surface area contributed by atoms with Gasteiger partial charge in [-0.05, 0) is 48.1 Å². The van der Waals surface area contributed by atoms with Crippen molar-refractivity contribution < 1.29 is 9.84 Å². The normalized spacial score (nSPS) is 21.6. The van der Waals surface area contributed by atoms with Gasteiger partial charge in [0, 0.05) is 6.61 Å². The zero-order valence-electron chi connectivity index (χ0n) is 10.1. The molecule has 3 rings (SSSR count). The Morgan fingerprint density at radius 1 is 1.00 bits per heavy atom. The third-order valence-electron chi connectivity index (χ3n) is 3.42. The van der Waals surface area contributed by atoms with Crippen LogP contribution in [0.25, 0.3) is 0 Å². The van der Waals surface area contributed by atoms with Gasteiger partial charge in [0.05, 0.1) is 0 Å². The van der Waals surface area contributed by atoms with E-state index in [1.165, 1.54) is 5.56 Å². The number of hydrogen-bond acceptors (Lipinski definition) is 2. The minimum absolute atomic E-state index is 0.286. The number of ether oxygens (including phenoxy) is 1. The third kappa shape index (κ3) is 2.39. The van der Waals surface area contributed by atoms with Gasteiger partial charge in [0.25, 0.3) is 0 Å². The molecule has 2 nitrogen and oxygen atoms in total. The molecule has 0 saturated heterocycles. The molecule has 0 aromatic heterocycles. The molecule has 0 bridgehead atoms. The second-order valence-corrected chi connectivity index (χ2v) is 4.77. The van der Waals surface area contributed by atoms with Crippen molar-refractivity contribution in [3.8, 4) is 11.5 Å². The molecule has 1 N–H and O–H groups in total. The molecule has 1 aliphatic rings. The summed E-state index contributed by atoms with van der Waals surface area (Å²) in [4.78, 5) is 0. The van der Waals surface area contributed by atoms with Gasteiger partial charge < -0.3 is 9.84 Å². The van der Waals surface area contributed by atoms with Gasteiger partial charge in [-0.25, -0.2) is 0 Å². The van der Waals surface area contributed by atoms with Crippen molar-refractivity contribution in [1.82, 2.24) is 0 Å². The number of hydrogen-bond donors (Lipinski definition) is 1. The van der Waals surface area contributed by atoms with Crippen LogP contribution < -0.4 is 4.74 Å². The van der Waals surface area contributed by atoms with Gasteiger partial charge in [-0.15, -0.1) is 0 Å². The largest absolute Gasteiger partial charge is 0.457 e. The molecule has 2 unspecified atom stereocenters. The lowest BCUT2D eigenvalue weighted by atomic mass is 10.1. The maximum atomic E-state index is 9.11. The molecule has 2 heteroatoms. The molecular weight excluding hydrogens is 224 g/mol. The predicted molar refractivity (Wildman–Crippen MR) is 70.9 cm³/mol. The van der Waals surface area contributed by atoms with Crippen LogP contribution in [0.5, 0.6) is 11.5 Å². The summed E-state index contributed by atoms with van der Waals surface area (Å²) in [5.74, 6) is 2.66. The van der Waals surface area contributed by atoms with Gasteiger partial charge in [-0.3, -0.25) is 0 Å². The van der Waals surface area contributed by atoms with Crippen LogP contribution in [-0.2, 0) is 0 Å². The second-order valence-electron chi connectivity index (χ2n) is 4.77. The first-order valence-electron chi connectivity index (χ1n) is 6.30. The number of benzene rings is 2. The van der Waals surface area contributed by atoms with E-state index in [9.17, 15) is 0 Å². The van der Waals surface area contributed by atoms with E-state index in [1.54, 1.807) is 0 Å². The van der Waals surface area contributed by atoms with Crippen LogP contribution in [0.4, 0.5) is 0 Å². The number of para-hydroxylation sites is 1. The van der Waals surface area contributed by atoms with Crippen LogP contribution in [0.1, 0.15) is 17.9 Å². The summed E-state index contributed by atoms with van der Waals surface area (Å²) in [5.41, 5.74) is 1.27. The summed E-state index contributed by atoms with van der Waals surface area (Å²) >= 11 is 0. The molecule has 2 atom stereocenters. The monoisotopic (exact) mass is 240 g/mol. The first-order chi connectivity index (χ1) is 8.86. The Morgan fingerprint density at radius 3 is 2.50 bits per heavy atom. The minimum atomic E-state index is 0.286. The molecular formula is C16H16O2. The lowest BCUT2D eigenvalue weighted by Gasteiger charge is -2.07. The van der Waals surface area contributed by atoms with Crippen molar-refractivity contribution in [2.75, 3.05) is 6.61 Å². The van der Waals surface area contributed by atoms with Crippen molar-refractivity contribution in [2.45, 2.75) is 12.3 Å². The Bertz CT molecular complexity index is 522. The summed E-state index contributed by atoms with van der Waals surface area (Å²) in [6, 6.07) is 17.9. The average molecular weight is 240 g/mol. The molecule has 92 valence electrons. The fraction of sp³-hybridized carbons (Fsp3) is 0.250. The fourth-order valence-corrected chi connectivity index (χ4v) is 2.29. The van der Waals surface area contributed by atoms with Crippen molar-refractivity contribution in [2.24, 2.45) is 5.92 Å². The second kappa shape index (κ2) is 4.83. The smallest absolute Gasteiger partial charge is 0.127 e. The Hall–Kier alpha value is -1.80. The Labute approximate surface area is 107 Å². The summed E-state index contributed by atoms with van der Waals surface area (Å²) in [5, 5.41) is 9.11. The van der Waals surface area contributed by atoms with Crippen LogP contribution in [0, 0.1) is 5.92 Å². The van der Waals surface area contributed by atoms with Crippen molar-refractivity contribution in [3.63, 3.8) is 0 Å². The Morgan fingerprint density at radius 2 is 1.78 bits per heavy atom. The standard InChI is InChI=1S/C16H16O2/c17-11-13-10-16(13)12-5-4-8-15(9-12)18-14-6-2-1-3-7-14/h1-9,13,16-17H,10-11H2. The topological polar surface area (TPSA) is 29.5 Å². The number of rotatable bonds is 4. The third-order valence-corrected chi connectivity index (χ3v) is 3.42. The number of aliphatic hydroxyl groups is 1. The summed E-state index contributed by atoms with van der Waals surface area (Å²) < 4.78 is 5.80. The minimum Gasteiger partial charge on any atom is -0.457 e. The lowest BCUT2D eigenvalue weighted by Crippen LogP contribution is -1.90. The van der Waals surface area contributed by atoms with Crippen molar-refractivity contribution >= 4 is 0 Å². The quantitative estimate of drug-likeness (QED) is 0.885. The zero-order chi connectivity index (χ0) is 12.4. The molecule has 1 aliphatic carbocycles. The summed E-state index contributed by atoms with van der Waals surface area (Å²) in [6.07, 6.45) is 1.09. The predicted octanol–water partition coefficient (Wildman–Crippen LogP) is 3.57. The van der Waals surface area contributed by atoms with E-state index in [2.05, 4.69) is 12.1 Å². The summed E-state index contributed by atoms with van der Waals surface area (Å²) in [7, 11) is 0. The first-order valence-corrected chi connectivity index (χ1v) is 6.30. The molecule has 0 amide bonds. The Balaban J connectivity index is 1.76. The lowest BCUT2D eigenvalue weighted by molar-refractivity contribution is 0.274. The maximum absolute atomic E-state index is 9.11. The van der Waals surface area contributed by atoms with Crippen LogP contribution in [0.2, 0.25) is 0 Å². The van der Waals surface area contributed by atoms with Gasteiger partial charge in [-0.1, -0.05) is 30.3 Å². The zero-order valence-corrected chi connectivity index (χ0v) is 10.1. The highest BCUT2D eigenvalue weighted by Gasteiger charge is 2.37. The highest BCUT2D eigenvalue weighted by Crippen LogP contribution is 2.47.